The lowest BCUT2D eigenvalue weighted by molar-refractivity contribution is -0.120. The van der Waals surface area contributed by atoms with Crippen molar-refractivity contribution in [3.63, 3.8) is 0 Å². The molecule has 0 fully saturated rings. The van der Waals surface area contributed by atoms with Crippen molar-refractivity contribution in [2.75, 3.05) is 14.2 Å². The average Bonchev–Trinajstić information content (AvgIpc) is 3.16. The number of methoxy groups -OCH3 is 2. The Kier molecular flexibility index (Phi) is 10.9. The zero-order valence-corrected chi connectivity index (χ0v) is 29.0. The minimum Gasteiger partial charge on any atom is -0.493 e. The number of hydrogen-bond donors (Lipinski definition) is 0. The summed E-state index contributed by atoms with van der Waals surface area (Å²) < 4.78 is 24.0. The van der Waals surface area contributed by atoms with Gasteiger partial charge in [0.1, 0.15) is 13.2 Å². The Morgan fingerprint density at radius 1 is 0.460 bits per heavy atom. The third kappa shape index (κ3) is 8.07. The SMILES string of the molecule is COc1ccc(C(C(=O)C(c2ccc(C)cc2)c2ccc(OC)c(OCc3ccccc3)c2)c2ccc(C)cc2)cc1OCc1ccccc1. The van der Waals surface area contributed by atoms with E-state index in [0.717, 1.165) is 44.5 Å². The Morgan fingerprint density at radius 3 is 1.18 bits per heavy atom. The number of hydrogen-bond acceptors (Lipinski definition) is 5. The van der Waals surface area contributed by atoms with Crippen LogP contribution in [0.25, 0.3) is 0 Å². The van der Waals surface area contributed by atoms with Crippen LogP contribution in [0.4, 0.5) is 0 Å². The summed E-state index contributed by atoms with van der Waals surface area (Å²) in [6.07, 6.45) is 0. The molecule has 0 aliphatic carbocycles. The summed E-state index contributed by atoms with van der Waals surface area (Å²) in [5.74, 6) is 1.16. The van der Waals surface area contributed by atoms with E-state index in [4.69, 9.17) is 18.9 Å². The van der Waals surface area contributed by atoms with E-state index in [1.165, 1.54) is 0 Å². The molecular formula is C45H42O5. The first-order valence-corrected chi connectivity index (χ1v) is 16.8. The average molecular weight is 663 g/mol. The highest BCUT2D eigenvalue weighted by Crippen LogP contribution is 2.41. The molecule has 0 saturated heterocycles. The number of benzene rings is 6. The Hall–Kier alpha value is -5.81. The number of carbonyl (C=O) groups excluding carboxylic acids is 1. The normalized spacial score (nSPS) is 12.1. The molecule has 0 aromatic heterocycles. The van der Waals surface area contributed by atoms with Crippen molar-refractivity contribution in [1.29, 1.82) is 0 Å². The van der Waals surface area contributed by atoms with Gasteiger partial charge >= 0.3 is 0 Å². The first-order valence-electron chi connectivity index (χ1n) is 16.8. The topological polar surface area (TPSA) is 54.0 Å². The first-order chi connectivity index (χ1) is 24.4. The second-order valence-electron chi connectivity index (χ2n) is 12.5. The van der Waals surface area contributed by atoms with Gasteiger partial charge in [0, 0.05) is 0 Å². The van der Waals surface area contributed by atoms with Crippen LogP contribution in [-0.4, -0.2) is 20.0 Å². The molecule has 2 atom stereocenters. The van der Waals surface area contributed by atoms with Crippen molar-refractivity contribution in [3.8, 4) is 23.0 Å². The smallest absolute Gasteiger partial charge is 0.161 e. The molecule has 252 valence electrons. The maximum atomic E-state index is 15.4. The highest BCUT2D eigenvalue weighted by molar-refractivity contribution is 5.97. The molecule has 0 heterocycles. The number of rotatable bonds is 14. The van der Waals surface area contributed by atoms with Crippen LogP contribution in [0.1, 0.15) is 56.3 Å². The third-order valence-corrected chi connectivity index (χ3v) is 8.91. The van der Waals surface area contributed by atoms with Gasteiger partial charge in [-0.25, -0.2) is 0 Å². The number of carbonyl (C=O) groups is 1. The lowest BCUT2D eigenvalue weighted by Crippen LogP contribution is -2.23. The van der Waals surface area contributed by atoms with E-state index in [9.17, 15) is 0 Å². The van der Waals surface area contributed by atoms with E-state index < -0.39 is 11.8 Å². The van der Waals surface area contributed by atoms with Crippen molar-refractivity contribution in [1.82, 2.24) is 0 Å². The fourth-order valence-electron chi connectivity index (χ4n) is 6.17. The summed E-state index contributed by atoms with van der Waals surface area (Å²) in [6.45, 7) is 4.83. The van der Waals surface area contributed by atoms with Crippen LogP contribution in [-0.2, 0) is 18.0 Å². The van der Waals surface area contributed by atoms with Gasteiger partial charge in [-0.3, -0.25) is 4.79 Å². The van der Waals surface area contributed by atoms with Gasteiger partial charge in [0.2, 0.25) is 0 Å². The van der Waals surface area contributed by atoms with Crippen LogP contribution >= 0.6 is 0 Å². The molecule has 0 aliphatic heterocycles. The van der Waals surface area contributed by atoms with Crippen molar-refractivity contribution < 1.29 is 23.7 Å². The van der Waals surface area contributed by atoms with E-state index in [1.807, 2.05) is 135 Å². The second kappa shape index (κ2) is 16.1. The zero-order chi connectivity index (χ0) is 34.9. The molecule has 0 radical (unpaired) electrons. The first kappa shape index (κ1) is 34.1. The zero-order valence-electron chi connectivity index (χ0n) is 29.0. The predicted octanol–water partition coefficient (Wildman–Crippen LogP) is 10.0. The summed E-state index contributed by atoms with van der Waals surface area (Å²) in [5.41, 5.74) is 7.73. The number of ketones is 1. The van der Waals surface area contributed by atoms with E-state index in [2.05, 4.69) is 24.3 Å². The Balaban J connectivity index is 1.44. The molecule has 0 N–H and O–H groups in total. The van der Waals surface area contributed by atoms with Gasteiger partial charge in [-0.2, -0.15) is 0 Å². The maximum absolute atomic E-state index is 15.4. The summed E-state index contributed by atoms with van der Waals surface area (Å²) >= 11 is 0. The molecule has 0 spiro atoms. The Bertz CT molecular complexity index is 1860. The van der Waals surface area contributed by atoms with Crippen molar-refractivity contribution in [2.45, 2.75) is 38.9 Å². The summed E-state index contributed by atoms with van der Waals surface area (Å²) in [6, 6.07) is 48.0. The molecule has 6 aromatic carbocycles. The van der Waals surface area contributed by atoms with Gasteiger partial charge < -0.3 is 18.9 Å². The van der Waals surface area contributed by atoms with Gasteiger partial charge in [-0.1, -0.05) is 132 Å². The molecular weight excluding hydrogens is 620 g/mol. The standard InChI is InChI=1S/C45H42O5/c1-31-15-19-35(20-16-31)43(37-23-25-39(47-3)41(27-37)49-29-33-11-7-5-8-12-33)45(46)44(36-21-17-32(2)18-22-36)38-24-26-40(48-4)42(28-38)50-30-34-13-9-6-10-14-34/h5-28,43-44H,29-30H2,1-4H3. The summed E-state index contributed by atoms with van der Waals surface area (Å²) in [7, 11) is 3.25. The highest BCUT2D eigenvalue weighted by atomic mass is 16.5. The maximum Gasteiger partial charge on any atom is 0.161 e. The Morgan fingerprint density at radius 2 is 0.820 bits per heavy atom. The lowest BCUT2D eigenvalue weighted by Gasteiger charge is -2.26. The quantitative estimate of drug-likeness (QED) is 0.116. The van der Waals surface area contributed by atoms with E-state index >= 15 is 4.79 Å². The molecule has 5 nitrogen and oxygen atoms in total. The molecule has 0 bridgehead atoms. The van der Waals surface area contributed by atoms with E-state index in [1.54, 1.807) is 14.2 Å². The molecule has 0 aliphatic rings. The molecule has 0 saturated carbocycles. The van der Waals surface area contributed by atoms with E-state index in [0.29, 0.717) is 36.2 Å². The minimum absolute atomic E-state index is 0.0241. The molecule has 50 heavy (non-hydrogen) atoms. The van der Waals surface area contributed by atoms with Crippen LogP contribution in [0.15, 0.2) is 146 Å². The van der Waals surface area contributed by atoms with Crippen molar-refractivity contribution >= 4 is 5.78 Å². The molecule has 6 aromatic rings. The number of ether oxygens (including phenoxy) is 4. The van der Waals surface area contributed by atoms with Crippen molar-refractivity contribution in [3.05, 3.63) is 190 Å². The van der Waals surface area contributed by atoms with Crippen LogP contribution in [0.3, 0.4) is 0 Å². The summed E-state index contributed by atoms with van der Waals surface area (Å²) in [4.78, 5) is 15.4. The van der Waals surface area contributed by atoms with E-state index in [-0.39, 0.29) is 5.78 Å². The highest BCUT2D eigenvalue weighted by Gasteiger charge is 2.33. The van der Waals surface area contributed by atoms with Crippen molar-refractivity contribution in [2.24, 2.45) is 0 Å². The van der Waals surface area contributed by atoms with Gasteiger partial charge in [-0.15, -0.1) is 0 Å². The second-order valence-corrected chi connectivity index (χ2v) is 12.5. The summed E-state index contributed by atoms with van der Waals surface area (Å²) in [5, 5.41) is 0. The number of Topliss-reactive ketones (excluding diaryl/α,β-unsaturated/α-hetero) is 1. The largest absolute Gasteiger partial charge is 0.493 e. The van der Waals surface area contributed by atoms with Crippen LogP contribution < -0.4 is 18.9 Å². The number of aryl methyl sites for hydroxylation is 2. The molecule has 6 rings (SSSR count). The van der Waals surface area contributed by atoms with Gasteiger partial charge in [-0.05, 0) is 71.5 Å². The lowest BCUT2D eigenvalue weighted by atomic mass is 9.76. The third-order valence-electron chi connectivity index (χ3n) is 8.91. The molecule has 2 unspecified atom stereocenters. The van der Waals surface area contributed by atoms with Crippen LogP contribution in [0, 0.1) is 13.8 Å². The van der Waals surface area contributed by atoms with Crippen LogP contribution in [0.2, 0.25) is 0 Å². The molecule has 5 heteroatoms. The predicted molar refractivity (Wildman–Crippen MR) is 199 cm³/mol. The Labute approximate surface area is 295 Å². The minimum atomic E-state index is -0.609. The van der Waals surface area contributed by atoms with Gasteiger partial charge in [0.25, 0.3) is 0 Å². The monoisotopic (exact) mass is 662 g/mol. The van der Waals surface area contributed by atoms with Gasteiger partial charge in [0.15, 0.2) is 28.8 Å². The fourth-order valence-corrected chi connectivity index (χ4v) is 6.17. The molecule has 0 amide bonds. The fraction of sp³-hybridized carbons (Fsp3) is 0.178. The van der Waals surface area contributed by atoms with Gasteiger partial charge in [0.05, 0.1) is 26.1 Å². The van der Waals surface area contributed by atoms with Crippen LogP contribution in [0.5, 0.6) is 23.0 Å².